The summed E-state index contributed by atoms with van der Waals surface area (Å²) in [7, 11) is 0. The SMILES string of the molecule is CCc1ccc(F)c(C(C)(C)F)n1. The Labute approximate surface area is 76.8 Å². The smallest absolute Gasteiger partial charge is 0.150 e. The Bertz CT molecular complexity index is 302. The normalized spacial score (nSPS) is 11.8. The Morgan fingerprint density at radius 3 is 2.46 bits per heavy atom. The van der Waals surface area contributed by atoms with Gasteiger partial charge in [0.05, 0.1) is 0 Å². The highest BCUT2D eigenvalue weighted by molar-refractivity contribution is 5.18. The van der Waals surface area contributed by atoms with Gasteiger partial charge in [-0.3, -0.25) is 4.98 Å². The van der Waals surface area contributed by atoms with Crippen molar-refractivity contribution in [1.82, 2.24) is 4.98 Å². The van der Waals surface area contributed by atoms with E-state index in [0.29, 0.717) is 12.1 Å². The van der Waals surface area contributed by atoms with Gasteiger partial charge in [0.15, 0.2) is 0 Å². The standard InChI is InChI=1S/C10H13F2N/c1-4-7-5-6-8(11)9(13-7)10(2,3)12/h5-6H,4H2,1-3H3. The molecule has 0 radical (unpaired) electrons. The van der Waals surface area contributed by atoms with Crippen LogP contribution < -0.4 is 0 Å². The highest BCUT2D eigenvalue weighted by atomic mass is 19.1. The van der Waals surface area contributed by atoms with E-state index in [1.54, 1.807) is 6.07 Å². The third-order valence-corrected chi connectivity index (χ3v) is 1.83. The minimum Gasteiger partial charge on any atom is -0.251 e. The fourth-order valence-electron chi connectivity index (χ4n) is 1.10. The monoisotopic (exact) mass is 185 g/mol. The van der Waals surface area contributed by atoms with Gasteiger partial charge in [-0.25, -0.2) is 8.78 Å². The van der Waals surface area contributed by atoms with Gasteiger partial charge in [0.1, 0.15) is 17.2 Å². The fourth-order valence-corrected chi connectivity index (χ4v) is 1.10. The molecule has 3 heteroatoms. The molecule has 0 unspecified atom stereocenters. The molecule has 0 N–H and O–H groups in total. The molecule has 0 aliphatic rings. The minimum atomic E-state index is -1.71. The summed E-state index contributed by atoms with van der Waals surface area (Å²) in [5, 5.41) is 0. The quantitative estimate of drug-likeness (QED) is 0.690. The maximum Gasteiger partial charge on any atom is 0.150 e. The second-order valence-electron chi connectivity index (χ2n) is 3.46. The first-order valence-electron chi connectivity index (χ1n) is 4.30. The number of aryl methyl sites for hydroxylation is 1. The second-order valence-corrected chi connectivity index (χ2v) is 3.46. The van der Waals surface area contributed by atoms with Gasteiger partial charge in [-0.1, -0.05) is 6.92 Å². The van der Waals surface area contributed by atoms with Crippen molar-refractivity contribution >= 4 is 0 Å². The Hall–Kier alpha value is -0.990. The van der Waals surface area contributed by atoms with E-state index in [-0.39, 0.29) is 5.69 Å². The molecule has 0 aromatic carbocycles. The molecule has 0 saturated heterocycles. The molecule has 0 atom stereocenters. The van der Waals surface area contributed by atoms with Crippen LogP contribution in [0, 0.1) is 5.82 Å². The number of nitrogens with zero attached hydrogens (tertiary/aromatic N) is 1. The Kier molecular flexibility index (Phi) is 2.64. The van der Waals surface area contributed by atoms with Gasteiger partial charge >= 0.3 is 0 Å². The van der Waals surface area contributed by atoms with Gasteiger partial charge < -0.3 is 0 Å². The van der Waals surface area contributed by atoms with E-state index in [1.807, 2.05) is 6.92 Å². The lowest BCUT2D eigenvalue weighted by Crippen LogP contribution is -2.15. The molecule has 1 rings (SSSR count). The summed E-state index contributed by atoms with van der Waals surface area (Å²) in [6.45, 7) is 4.50. The fraction of sp³-hybridized carbons (Fsp3) is 0.500. The van der Waals surface area contributed by atoms with Crippen LogP contribution in [-0.2, 0) is 12.1 Å². The van der Waals surface area contributed by atoms with Gasteiger partial charge in [-0.05, 0) is 32.4 Å². The first-order valence-corrected chi connectivity index (χ1v) is 4.30. The van der Waals surface area contributed by atoms with E-state index in [1.165, 1.54) is 19.9 Å². The predicted molar refractivity (Wildman–Crippen MR) is 47.7 cm³/mol. The Morgan fingerprint density at radius 1 is 1.38 bits per heavy atom. The van der Waals surface area contributed by atoms with Crippen molar-refractivity contribution in [2.45, 2.75) is 32.9 Å². The van der Waals surface area contributed by atoms with Crippen molar-refractivity contribution in [3.05, 3.63) is 29.3 Å². The molecule has 0 fully saturated rings. The van der Waals surface area contributed by atoms with E-state index in [2.05, 4.69) is 4.98 Å². The van der Waals surface area contributed by atoms with Crippen LogP contribution in [0.3, 0.4) is 0 Å². The third-order valence-electron chi connectivity index (χ3n) is 1.83. The molecular weight excluding hydrogens is 172 g/mol. The van der Waals surface area contributed by atoms with E-state index in [4.69, 9.17) is 0 Å². The summed E-state index contributed by atoms with van der Waals surface area (Å²) >= 11 is 0. The Balaban J connectivity index is 3.19. The molecule has 0 aliphatic carbocycles. The molecule has 13 heavy (non-hydrogen) atoms. The maximum atomic E-state index is 13.4. The zero-order chi connectivity index (χ0) is 10.1. The van der Waals surface area contributed by atoms with Crippen molar-refractivity contribution in [3.8, 4) is 0 Å². The summed E-state index contributed by atoms with van der Waals surface area (Å²) < 4.78 is 26.5. The number of hydrogen-bond donors (Lipinski definition) is 0. The molecule has 1 aromatic rings. The van der Waals surface area contributed by atoms with Gasteiger partial charge in [-0.15, -0.1) is 0 Å². The van der Waals surface area contributed by atoms with E-state index in [0.717, 1.165) is 0 Å². The summed E-state index contributed by atoms with van der Waals surface area (Å²) in [5.74, 6) is -0.579. The van der Waals surface area contributed by atoms with Gasteiger partial charge in [0.2, 0.25) is 0 Å². The molecule has 0 saturated carbocycles. The second kappa shape index (κ2) is 3.40. The van der Waals surface area contributed by atoms with Gasteiger partial charge in [0, 0.05) is 5.69 Å². The lowest BCUT2D eigenvalue weighted by atomic mass is 10.1. The number of aromatic nitrogens is 1. The van der Waals surface area contributed by atoms with Crippen molar-refractivity contribution in [2.75, 3.05) is 0 Å². The minimum absolute atomic E-state index is 0.105. The maximum absolute atomic E-state index is 13.4. The molecule has 72 valence electrons. The lowest BCUT2D eigenvalue weighted by molar-refractivity contribution is 0.205. The predicted octanol–water partition coefficient (Wildman–Crippen LogP) is 2.99. The van der Waals surface area contributed by atoms with E-state index >= 15 is 0 Å². The molecule has 1 nitrogen and oxygen atoms in total. The van der Waals surface area contributed by atoms with Gasteiger partial charge in [0.25, 0.3) is 0 Å². The average molecular weight is 185 g/mol. The van der Waals surface area contributed by atoms with Crippen LogP contribution in [0.15, 0.2) is 12.1 Å². The van der Waals surface area contributed by atoms with Crippen LogP contribution in [0.5, 0.6) is 0 Å². The lowest BCUT2D eigenvalue weighted by Gasteiger charge is -2.14. The van der Waals surface area contributed by atoms with Crippen LogP contribution in [0.2, 0.25) is 0 Å². The van der Waals surface area contributed by atoms with Crippen molar-refractivity contribution in [1.29, 1.82) is 0 Å². The van der Waals surface area contributed by atoms with Crippen LogP contribution in [-0.4, -0.2) is 4.98 Å². The molecule has 0 amide bonds. The van der Waals surface area contributed by atoms with E-state index < -0.39 is 11.5 Å². The van der Waals surface area contributed by atoms with Crippen LogP contribution in [0.25, 0.3) is 0 Å². The molecule has 0 spiro atoms. The summed E-state index contributed by atoms with van der Waals surface area (Å²) in [6, 6.07) is 2.84. The zero-order valence-electron chi connectivity index (χ0n) is 8.06. The van der Waals surface area contributed by atoms with Crippen LogP contribution >= 0.6 is 0 Å². The molecule has 0 aliphatic heterocycles. The summed E-state index contributed by atoms with van der Waals surface area (Å²) in [6.07, 6.45) is 0.684. The van der Waals surface area contributed by atoms with Crippen molar-refractivity contribution in [3.63, 3.8) is 0 Å². The Morgan fingerprint density at radius 2 is 2.00 bits per heavy atom. The highest BCUT2D eigenvalue weighted by Crippen LogP contribution is 2.25. The topological polar surface area (TPSA) is 12.9 Å². The highest BCUT2D eigenvalue weighted by Gasteiger charge is 2.24. The zero-order valence-corrected chi connectivity index (χ0v) is 8.06. The first kappa shape index (κ1) is 10.1. The van der Waals surface area contributed by atoms with Crippen LogP contribution in [0.1, 0.15) is 32.2 Å². The molecule has 1 heterocycles. The number of halogens is 2. The van der Waals surface area contributed by atoms with Crippen molar-refractivity contribution in [2.24, 2.45) is 0 Å². The first-order chi connectivity index (χ1) is 5.95. The summed E-state index contributed by atoms with van der Waals surface area (Å²) in [4.78, 5) is 3.91. The summed E-state index contributed by atoms with van der Waals surface area (Å²) in [5.41, 5.74) is -1.11. The van der Waals surface area contributed by atoms with Crippen LogP contribution in [0.4, 0.5) is 8.78 Å². The largest absolute Gasteiger partial charge is 0.251 e. The number of alkyl halides is 1. The molecule has 0 bridgehead atoms. The molecule has 1 aromatic heterocycles. The number of rotatable bonds is 2. The van der Waals surface area contributed by atoms with Crippen molar-refractivity contribution < 1.29 is 8.78 Å². The average Bonchev–Trinajstić information content (AvgIpc) is 2.03. The van der Waals surface area contributed by atoms with Gasteiger partial charge in [-0.2, -0.15) is 0 Å². The number of pyridine rings is 1. The van der Waals surface area contributed by atoms with E-state index in [9.17, 15) is 8.78 Å². The number of hydrogen-bond acceptors (Lipinski definition) is 1. The third kappa shape index (κ3) is 2.23. The molecular formula is C10H13F2N.